The standard InChI is InChI=1S/C17H15N5OS2/c23-16(13-10-12(21-22-13)14-6-3-9-24-14)18-7-8-19-17-20-11-4-1-2-5-15(11)25-17/h1-6,9-10H,7-8H2,(H,18,23)(H,19,20)(H,21,22). The second kappa shape index (κ2) is 7.04. The van der Waals surface area contributed by atoms with E-state index in [1.54, 1.807) is 28.7 Å². The van der Waals surface area contributed by atoms with Gasteiger partial charge in [0, 0.05) is 13.1 Å². The molecule has 1 aromatic carbocycles. The molecule has 4 rings (SSSR count). The number of aromatic amines is 1. The Morgan fingerprint density at radius 1 is 1.16 bits per heavy atom. The SMILES string of the molecule is O=C(NCCNc1nc2ccccc2s1)c1cc(-c2cccs2)[nH]n1. The summed E-state index contributed by atoms with van der Waals surface area (Å²) in [5.41, 5.74) is 2.23. The first-order chi connectivity index (χ1) is 12.3. The summed E-state index contributed by atoms with van der Waals surface area (Å²) in [6, 6.07) is 13.7. The van der Waals surface area contributed by atoms with Gasteiger partial charge in [-0.3, -0.25) is 9.89 Å². The van der Waals surface area contributed by atoms with Gasteiger partial charge >= 0.3 is 0 Å². The van der Waals surface area contributed by atoms with Crippen LogP contribution >= 0.6 is 22.7 Å². The first kappa shape index (κ1) is 15.8. The van der Waals surface area contributed by atoms with Gasteiger partial charge in [-0.2, -0.15) is 5.10 Å². The van der Waals surface area contributed by atoms with Crippen molar-refractivity contribution < 1.29 is 4.79 Å². The lowest BCUT2D eigenvalue weighted by atomic mass is 10.3. The van der Waals surface area contributed by atoms with Crippen LogP contribution in [0.2, 0.25) is 0 Å². The first-order valence-electron chi connectivity index (χ1n) is 7.76. The van der Waals surface area contributed by atoms with Gasteiger partial charge in [0.1, 0.15) is 0 Å². The fourth-order valence-corrected chi connectivity index (χ4v) is 3.96. The fraction of sp³-hybridized carbons (Fsp3) is 0.118. The van der Waals surface area contributed by atoms with Crippen molar-refractivity contribution >= 4 is 43.9 Å². The zero-order chi connectivity index (χ0) is 17.1. The number of thiazole rings is 1. The first-order valence-corrected chi connectivity index (χ1v) is 9.46. The second-order valence-electron chi connectivity index (χ2n) is 5.31. The van der Waals surface area contributed by atoms with Crippen LogP contribution in [0, 0.1) is 0 Å². The predicted molar refractivity (Wildman–Crippen MR) is 102 cm³/mol. The number of nitrogens with one attached hydrogen (secondary N) is 3. The molecule has 25 heavy (non-hydrogen) atoms. The average Bonchev–Trinajstić information content (AvgIpc) is 3.37. The fourth-order valence-electron chi connectivity index (χ4n) is 2.38. The number of rotatable bonds is 6. The van der Waals surface area contributed by atoms with Gasteiger partial charge in [0.2, 0.25) is 0 Å². The quantitative estimate of drug-likeness (QED) is 0.454. The Morgan fingerprint density at radius 3 is 2.92 bits per heavy atom. The van der Waals surface area contributed by atoms with Crippen molar-refractivity contribution in [3.63, 3.8) is 0 Å². The molecular weight excluding hydrogens is 354 g/mol. The number of aromatic nitrogens is 3. The minimum Gasteiger partial charge on any atom is -0.360 e. The third-order valence-corrected chi connectivity index (χ3v) is 5.48. The molecule has 8 heteroatoms. The highest BCUT2D eigenvalue weighted by Gasteiger charge is 2.11. The number of amides is 1. The van der Waals surface area contributed by atoms with Gasteiger partial charge in [-0.05, 0) is 29.6 Å². The Labute approximate surface area is 151 Å². The number of anilines is 1. The van der Waals surface area contributed by atoms with Gasteiger partial charge in [0.25, 0.3) is 5.91 Å². The molecule has 0 spiro atoms. The highest BCUT2D eigenvalue weighted by molar-refractivity contribution is 7.22. The van der Waals surface area contributed by atoms with Gasteiger partial charge in [0.15, 0.2) is 10.8 Å². The Balaban J connectivity index is 1.29. The topological polar surface area (TPSA) is 82.7 Å². The molecule has 0 bridgehead atoms. The maximum Gasteiger partial charge on any atom is 0.271 e. The van der Waals surface area contributed by atoms with Gasteiger partial charge in [0.05, 0.1) is 20.8 Å². The lowest BCUT2D eigenvalue weighted by Crippen LogP contribution is -2.29. The molecule has 0 saturated carbocycles. The van der Waals surface area contributed by atoms with Gasteiger partial charge in [-0.15, -0.1) is 11.3 Å². The Kier molecular flexibility index (Phi) is 4.45. The van der Waals surface area contributed by atoms with Crippen LogP contribution in [-0.4, -0.2) is 34.2 Å². The van der Waals surface area contributed by atoms with Crippen molar-refractivity contribution in [1.29, 1.82) is 0 Å². The van der Waals surface area contributed by atoms with Gasteiger partial charge < -0.3 is 10.6 Å². The molecule has 3 aromatic heterocycles. The summed E-state index contributed by atoms with van der Waals surface area (Å²) in [5, 5.41) is 15.9. The lowest BCUT2D eigenvalue weighted by Gasteiger charge is -2.03. The zero-order valence-corrected chi connectivity index (χ0v) is 14.8. The Morgan fingerprint density at radius 2 is 2.08 bits per heavy atom. The number of nitrogens with zero attached hydrogens (tertiary/aromatic N) is 2. The molecule has 0 unspecified atom stereocenters. The van der Waals surface area contributed by atoms with Crippen LogP contribution in [0.1, 0.15) is 10.5 Å². The molecular formula is C17H15N5OS2. The molecule has 0 radical (unpaired) electrons. The summed E-state index contributed by atoms with van der Waals surface area (Å²) in [4.78, 5) is 17.7. The maximum absolute atomic E-state index is 12.1. The van der Waals surface area contributed by atoms with Crippen molar-refractivity contribution in [1.82, 2.24) is 20.5 Å². The van der Waals surface area contributed by atoms with Crippen LogP contribution in [0.15, 0.2) is 47.8 Å². The van der Waals surface area contributed by atoms with Crippen molar-refractivity contribution in [3.8, 4) is 10.6 Å². The molecule has 0 aliphatic rings. The third-order valence-electron chi connectivity index (χ3n) is 3.58. The number of thiophene rings is 1. The summed E-state index contributed by atoms with van der Waals surface area (Å²) in [6.07, 6.45) is 0. The van der Waals surface area contributed by atoms with Crippen molar-refractivity contribution in [2.75, 3.05) is 18.4 Å². The van der Waals surface area contributed by atoms with Gasteiger partial charge in [-0.1, -0.05) is 29.5 Å². The molecule has 0 fully saturated rings. The number of carbonyl (C=O) groups is 1. The van der Waals surface area contributed by atoms with Crippen LogP contribution in [0.5, 0.6) is 0 Å². The van der Waals surface area contributed by atoms with E-state index in [4.69, 9.17) is 0 Å². The van der Waals surface area contributed by atoms with E-state index in [-0.39, 0.29) is 5.91 Å². The van der Waals surface area contributed by atoms with Crippen LogP contribution < -0.4 is 10.6 Å². The molecule has 6 nitrogen and oxygen atoms in total. The van der Waals surface area contributed by atoms with E-state index in [1.165, 1.54) is 0 Å². The number of hydrogen-bond donors (Lipinski definition) is 3. The van der Waals surface area contributed by atoms with Crippen LogP contribution in [0.4, 0.5) is 5.13 Å². The number of H-pyrrole nitrogens is 1. The normalized spacial score (nSPS) is 10.9. The third kappa shape index (κ3) is 3.54. The van der Waals surface area contributed by atoms with E-state index in [9.17, 15) is 4.79 Å². The van der Waals surface area contributed by atoms with E-state index >= 15 is 0 Å². The largest absolute Gasteiger partial charge is 0.360 e. The summed E-state index contributed by atoms with van der Waals surface area (Å²) in [5.74, 6) is -0.190. The summed E-state index contributed by atoms with van der Waals surface area (Å²) < 4.78 is 1.15. The summed E-state index contributed by atoms with van der Waals surface area (Å²) >= 11 is 3.21. The predicted octanol–water partition coefficient (Wildman–Crippen LogP) is 3.59. The number of carbonyl (C=O) groups excluding carboxylic acids is 1. The summed E-state index contributed by atoms with van der Waals surface area (Å²) in [7, 11) is 0. The Hall–Kier alpha value is -2.71. The highest BCUT2D eigenvalue weighted by atomic mass is 32.1. The molecule has 126 valence electrons. The lowest BCUT2D eigenvalue weighted by molar-refractivity contribution is 0.0950. The van der Waals surface area contributed by atoms with E-state index in [0.29, 0.717) is 18.8 Å². The minimum absolute atomic E-state index is 0.190. The van der Waals surface area contributed by atoms with Crippen molar-refractivity contribution in [2.45, 2.75) is 0 Å². The van der Waals surface area contributed by atoms with E-state index in [0.717, 1.165) is 25.9 Å². The Bertz CT molecular complexity index is 956. The molecule has 4 aromatic rings. The average molecular weight is 369 g/mol. The van der Waals surface area contributed by atoms with E-state index in [1.807, 2.05) is 41.8 Å². The molecule has 0 atom stereocenters. The van der Waals surface area contributed by atoms with Crippen LogP contribution in [0.25, 0.3) is 20.8 Å². The van der Waals surface area contributed by atoms with Crippen molar-refractivity contribution in [2.24, 2.45) is 0 Å². The van der Waals surface area contributed by atoms with E-state index in [2.05, 4.69) is 25.8 Å². The molecule has 1 amide bonds. The molecule has 0 aliphatic heterocycles. The number of para-hydroxylation sites is 1. The number of fused-ring (bicyclic) bond motifs is 1. The maximum atomic E-state index is 12.1. The van der Waals surface area contributed by atoms with Crippen molar-refractivity contribution in [3.05, 3.63) is 53.5 Å². The molecule has 3 heterocycles. The highest BCUT2D eigenvalue weighted by Crippen LogP contribution is 2.25. The zero-order valence-electron chi connectivity index (χ0n) is 13.2. The number of hydrogen-bond acceptors (Lipinski definition) is 6. The monoisotopic (exact) mass is 369 g/mol. The van der Waals surface area contributed by atoms with Crippen LogP contribution in [-0.2, 0) is 0 Å². The summed E-state index contributed by atoms with van der Waals surface area (Å²) in [6.45, 7) is 1.10. The number of benzene rings is 1. The molecule has 3 N–H and O–H groups in total. The van der Waals surface area contributed by atoms with Crippen LogP contribution in [0.3, 0.4) is 0 Å². The minimum atomic E-state index is -0.190. The van der Waals surface area contributed by atoms with E-state index < -0.39 is 0 Å². The smallest absolute Gasteiger partial charge is 0.271 e. The van der Waals surface area contributed by atoms with Gasteiger partial charge in [-0.25, -0.2) is 4.98 Å². The molecule has 0 saturated heterocycles. The molecule has 0 aliphatic carbocycles. The second-order valence-corrected chi connectivity index (χ2v) is 7.29.